The molecule has 8 heavy (non-hydrogen) atoms. The van der Waals surface area contributed by atoms with Crippen LogP contribution in [-0.2, 0) is 114 Å². The molecule has 0 bridgehead atoms. The van der Waals surface area contributed by atoms with Crippen LogP contribution in [0.25, 0.3) is 0 Å². The molecule has 0 aromatic carbocycles. The van der Waals surface area contributed by atoms with Gasteiger partial charge in [-0.15, -0.1) is 0 Å². The van der Waals surface area contributed by atoms with Crippen molar-refractivity contribution in [1.29, 1.82) is 0 Å². The molecule has 0 aliphatic heterocycles. The molecule has 0 amide bonds. The molecule has 44 valence electrons. The van der Waals surface area contributed by atoms with Gasteiger partial charge in [0, 0.05) is 92.8 Å². The summed E-state index contributed by atoms with van der Waals surface area (Å²) in [6.45, 7) is 0. The van der Waals surface area contributed by atoms with Crippen molar-refractivity contribution in [1.82, 2.24) is 0 Å². The van der Waals surface area contributed by atoms with E-state index in [0.29, 0.717) is 0 Å². The van der Waals surface area contributed by atoms with Crippen LogP contribution in [0.3, 0.4) is 0 Å². The minimum Gasteiger partial charge on any atom is 0 e. The summed E-state index contributed by atoms with van der Waals surface area (Å²) in [4.78, 5) is 0. The zero-order chi connectivity index (χ0) is 2.00. The molecular weight excluding hydrogens is 334 g/mol. The molecule has 0 aromatic rings. The van der Waals surface area contributed by atoms with Gasteiger partial charge in [-0.1, -0.05) is 0 Å². The monoisotopic (exact) mass is 337 g/mol. The van der Waals surface area contributed by atoms with Crippen molar-refractivity contribution in [3.63, 3.8) is 0 Å². The molecule has 0 rings (SSSR count). The van der Waals surface area contributed by atoms with E-state index < -0.39 is 0 Å². The van der Waals surface area contributed by atoms with Crippen LogP contribution < -0.4 is 0 Å². The summed E-state index contributed by atoms with van der Waals surface area (Å²) in [6, 6.07) is 0. The fourth-order valence-corrected chi connectivity index (χ4v) is 0. The molecule has 1 nitrogen and oxygen atoms in total. The molecule has 5 radical (unpaired) electrons. The van der Waals surface area contributed by atoms with E-state index in [4.69, 9.17) is 3.67 Å². The molecule has 0 unspecified atom stereocenters. The van der Waals surface area contributed by atoms with Crippen molar-refractivity contribution in [2.24, 2.45) is 0 Å². The van der Waals surface area contributed by atoms with Gasteiger partial charge in [-0.05, 0) is 0 Å². The van der Waals surface area contributed by atoms with E-state index in [1.54, 1.807) is 0 Å². The van der Waals surface area contributed by atoms with Crippen LogP contribution in [-0.4, -0.2) is 0 Å². The Labute approximate surface area is 119 Å². The van der Waals surface area contributed by atoms with E-state index >= 15 is 0 Å². The van der Waals surface area contributed by atoms with Gasteiger partial charge in [-0.2, -0.15) is 0 Å². The molecule has 0 aliphatic rings. The number of hydrogen-bond donors (Lipinski definition) is 0. The Morgan fingerprint density at radius 2 is 0.625 bits per heavy atom. The minimum absolute atomic E-state index is 0. The third-order valence-electron chi connectivity index (χ3n) is 0. The Morgan fingerprint density at radius 3 is 0.625 bits per heavy atom. The summed E-state index contributed by atoms with van der Waals surface area (Å²) < 4.78 is 8.19. The van der Waals surface area contributed by atoms with Crippen LogP contribution in [0, 0.1) is 7.43 Å². The first-order valence-corrected chi connectivity index (χ1v) is 0.753. The molecule has 0 aliphatic carbocycles. The van der Waals surface area contributed by atoms with Crippen molar-refractivity contribution < 1.29 is 114 Å². The van der Waals surface area contributed by atoms with Crippen molar-refractivity contribution in [2.45, 2.75) is 0 Å². The zero-order valence-electron chi connectivity index (χ0n) is 4.09. The van der Waals surface area contributed by atoms with E-state index in [0.717, 1.165) is 17.4 Å². The fourth-order valence-electron chi connectivity index (χ4n) is 0. The Hall–Kier alpha value is 3.31. The standard InChI is InChI=1S/CH3.O.6V/h1H3;;;;;;;/q-1;;;;;;;. The SMILES string of the molecule is [CH3-].[O]=[V].[V].[V].[V].[V].[V]. The quantitative estimate of drug-likeness (QED) is 0.582. The average molecular weight is 337 g/mol. The molecule has 0 aromatic heterocycles. The molecule has 0 heterocycles. The molecule has 0 fully saturated rings. The predicted molar refractivity (Wildman–Crippen MR) is 7.10 cm³/mol. The molecule has 0 saturated heterocycles. The van der Waals surface area contributed by atoms with Gasteiger partial charge in [0.25, 0.3) is 0 Å². The summed E-state index contributed by atoms with van der Waals surface area (Å²) in [5.74, 6) is 0. The molecule has 7 heteroatoms. The van der Waals surface area contributed by atoms with Crippen molar-refractivity contribution in [3.8, 4) is 0 Å². The second kappa shape index (κ2) is 81.6. The van der Waals surface area contributed by atoms with Gasteiger partial charge in [0.05, 0.1) is 0 Å². The van der Waals surface area contributed by atoms with E-state index in [9.17, 15) is 0 Å². The summed E-state index contributed by atoms with van der Waals surface area (Å²) in [5, 5.41) is 0. The summed E-state index contributed by atoms with van der Waals surface area (Å²) in [7, 11) is 0. The van der Waals surface area contributed by atoms with Crippen LogP contribution in [0.5, 0.6) is 0 Å². The van der Waals surface area contributed by atoms with Crippen LogP contribution in [0.4, 0.5) is 0 Å². The first kappa shape index (κ1) is 64.8. The number of hydrogen-bond acceptors (Lipinski definition) is 1. The Kier molecular flexibility index (Phi) is 661. The topological polar surface area (TPSA) is 17.1 Å². The van der Waals surface area contributed by atoms with Gasteiger partial charge >= 0.3 is 21.0 Å². The maximum atomic E-state index is 8.19. The molecule has 0 atom stereocenters. The molecular formula is CH3OV6-. The predicted octanol–water partition coefficient (Wildman–Crippen LogP) is 0.316. The van der Waals surface area contributed by atoms with Gasteiger partial charge in [0.15, 0.2) is 0 Å². The van der Waals surface area contributed by atoms with Crippen LogP contribution in [0.15, 0.2) is 0 Å². The fraction of sp³-hybridized carbons (Fsp3) is 0. The average Bonchev–Trinajstić information content (AvgIpc) is 1.00. The third kappa shape index (κ3) is 58.7. The Balaban J connectivity index is -0.000000000333. The van der Waals surface area contributed by atoms with E-state index in [2.05, 4.69) is 0 Å². The minimum atomic E-state index is 0. The Bertz CT molecular complexity index is 8.49. The third-order valence-corrected chi connectivity index (χ3v) is 0. The van der Waals surface area contributed by atoms with E-state index in [1.165, 1.54) is 0 Å². The summed E-state index contributed by atoms with van der Waals surface area (Å²) in [5.41, 5.74) is 0. The van der Waals surface area contributed by atoms with Crippen LogP contribution in [0.2, 0.25) is 0 Å². The second-order valence-electron chi connectivity index (χ2n) is 0. The summed E-state index contributed by atoms with van der Waals surface area (Å²) >= 11 is 1.06. The smallest absolute Gasteiger partial charge is 0 e. The Morgan fingerprint density at radius 1 is 0.625 bits per heavy atom. The first-order valence-electron chi connectivity index (χ1n) is 0.183. The molecule has 0 spiro atoms. The van der Waals surface area contributed by atoms with Crippen molar-refractivity contribution in [3.05, 3.63) is 7.43 Å². The first-order chi connectivity index (χ1) is 1.00. The summed E-state index contributed by atoms with van der Waals surface area (Å²) in [6.07, 6.45) is 0. The zero-order valence-corrected chi connectivity index (χ0v) is 12.5. The molecule has 0 saturated carbocycles. The van der Waals surface area contributed by atoms with Crippen molar-refractivity contribution >= 4 is 0 Å². The maximum absolute atomic E-state index is 8.19. The largest absolute Gasteiger partial charge is 0 e. The van der Waals surface area contributed by atoms with Gasteiger partial charge in [-0.3, -0.25) is 0 Å². The van der Waals surface area contributed by atoms with E-state index in [-0.39, 0.29) is 100 Å². The van der Waals surface area contributed by atoms with Gasteiger partial charge < -0.3 is 7.43 Å². The van der Waals surface area contributed by atoms with E-state index in [1.807, 2.05) is 0 Å². The van der Waals surface area contributed by atoms with Gasteiger partial charge in [0.2, 0.25) is 0 Å². The maximum Gasteiger partial charge on any atom is 0 e. The van der Waals surface area contributed by atoms with Gasteiger partial charge in [-0.25, -0.2) is 0 Å². The van der Waals surface area contributed by atoms with Crippen molar-refractivity contribution in [2.75, 3.05) is 0 Å². The number of rotatable bonds is 0. The normalized spacial score (nSPS) is 0.375. The van der Waals surface area contributed by atoms with Gasteiger partial charge in [0.1, 0.15) is 0 Å². The second-order valence-corrected chi connectivity index (χ2v) is 0. The molecule has 0 N–H and O–H groups in total. The van der Waals surface area contributed by atoms with Crippen LogP contribution in [0.1, 0.15) is 0 Å². The van der Waals surface area contributed by atoms with Crippen LogP contribution >= 0.6 is 0 Å².